The van der Waals surface area contributed by atoms with Gasteiger partial charge in [0.05, 0.1) is 12.2 Å². The van der Waals surface area contributed by atoms with Crippen LogP contribution in [0.5, 0.6) is 0 Å². The van der Waals surface area contributed by atoms with Crippen molar-refractivity contribution in [1.29, 1.82) is 0 Å². The van der Waals surface area contributed by atoms with Crippen LogP contribution in [0.2, 0.25) is 0 Å². The molecule has 1 saturated carbocycles. The Kier molecular flexibility index (Phi) is 4.32. The Morgan fingerprint density at radius 2 is 1.95 bits per heavy atom. The van der Waals surface area contributed by atoms with E-state index in [1.165, 1.54) is 45.1 Å². The lowest BCUT2D eigenvalue weighted by Gasteiger charge is -2.33. The molecule has 4 nitrogen and oxygen atoms in total. The fourth-order valence-electron chi connectivity index (χ4n) is 4.30. The Morgan fingerprint density at radius 3 is 2.55 bits per heavy atom. The summed E-state index contributed by atoms with van der Waals surface area (Å²) in [6.45, 7) is 4.23. The lowest BCUT2D eigenvalue weighted by atomic mass is 10.0. The molecule has 0 spiro atoms. The zero-order chi connectivity index (χ0) is 14.1. The highest BCUT2D eigenvalue weighted by Gasteiger charge is 2.43. The summed E-state index contributed by atoms with van der Waals surface area (Å²) in [5, 5.41) is 3.63. The monoisotopic (exact) mass is 279 g/mol. The number of nitrogens with zero attached hydrogens (tertiary/aromatic N) is 2. The van der Waals surface area contributed by atoms with E-state index in [0.29, 0.717) is 24.0 Å². The number of amides is 1. The molecule has 1 aliphatic carbocycles. The van der Waals surface area contributed by atoms with E-state index in [4.69, 9.17) is 0 Å². The smallest absolute Gasteiger partial charge is 0.241 e. The Balaban J connectivity index is 1.71. The molecular formula is C16H29N3O. The van der Waals surface area contributed by atoms with E-state index in [0.717, 1.165) is 13.0 Å². The van der Waals surface area contributed by atoms with Gasteiger partial charge >= 0.3 is 0 Å². The van der Waals surface area contributed by atoms with E-state index < -0.39 is 0 Å². The van der Waals surface area contributed by atoms with Gasteiger partial charge in [0.2, 0.25) is 5.91 Å². The topological polar surface area (TPSA) is 35.6 Å². The molecule has 20 heavy (non-hydrogen) atoms. The minimum Gasteiger partial charge on any atom is -0.324 e. The Labute approximate surface area is 122 Å². The van der Waals surface area contributed by atoms with Gasteiger partial charge in [-0.2, -0.15) is 0 Å². The fraction of sp³-hybridized carbons (Fsp3) is 0.938. The number of rotatable bonds is 4. The maximum Gasteiger partial charge on any atom is 0.241 e. The summed E-state index contributed by atoms with van der Waals surface area (Å²) in [7, 11) is 2.20. The molecule has 0 bridgehead atoms. The summed E-state index contributed by atoms with van der Waals surface area (Å²) in [5.41, 5.74) is 0. The molecule has 0 aromatic carbocycles. The van der Waals surface area contributed by atoms with Crippen molar-refractivity contribution >= 4 is 5.91 Å². The van der Waals surface area contributed by atoms with Crippen LogP contribution in [0.3, 0.4) is 0 Å². The average Bonchev–Trinajstić information content (AvgIpc) is 3.14. The lowest BCUT2D eigenvalue weighted by Crippen LogP contribution is -2.47. The summed E-state index contributed by atoms with van der Waals surface area (Å²) in [6.07, 6.45) is 9.01. The highest BCUT2D eigenvalue weighted by molar-refractivity contribution is 5.84. The van der Waals surface area contributed by atoms with Crippen molar-refractivity contribution in [2.45, 2.75) is 70.1 Å². The molecule has 1 amide bonds. The third-order valence-electron chi connectivity index (χ3n) is 5.62. The van der Waals surface area contributed by atoms with Crippen molar-refractivity contribution in [2.24, 2.45) is 5.92 Å². The number of hydrogen-bond donors (Lipinski definition) is 1. The van der Waals surface area contributed by atoms with Crippen LogP contribution in [-0.4, -0.2) is 54.1 Å². The quantitative estimate of drug-likeness (QED) is 0.852. The Morgan fingerprint density at radius 1 is 1.20 bits per heavy atom. The van der Waals surface area contributed by atoms with Gasteiger partial charge in [-0.05, 0) is 51.6 Å². The molecular weight excluding hydrogens is 250 g/mol. The average molecular weight is 279 g/mol. The molecule has 0 radical (unpaired) electrons. The van der Waals surface area contributed by atoms with Crippen LogP contribution in [0.4, 0.5) is 0 Å². The first-order valence-corrected chi connectivity index (χ1v) is 8.47. The molecule has 114 valence electrons. The first kappa shape index (κ1) is 14.3. The minimum atomic E-state index is 0.0623. The normalized spacial score (nSPS) is 36.4. The van der Waals surface area contributed by atoms with Crippen LogP contribution in [-0.2, 0) is 4.79 Å². The molecule has 3 atom stereocenters. The standard InChI is InChI=1S/C16H29N3O/c1-3-14-16(20)19(11-13-9-6-10-18(13)2)15(17-14)12-7-4-5-8-12/h12-15,17H,3-11H2,1-2H3. The fourth-order valence-corrected chi connectivity index (χ4v) is 4.30. The molecule has 3 fully saturated rings. The van der Waals surface area contributed by atoms with Crippen LogP contribution >= 0.6 is 0 Å². The van der Waals surface area contributed by atoms with Crippen LogP contribution < -0.4 is 5.32 Å². The summed E-state index contributed by atoms with van der Waals surface area (Å²) in [5.74, 6) is 1.03. The summed E-state index contributed by atoms with van der Waals surface area (Å²) >= 11 is 0. The number of likely N-dealkylation sites (N-methyl/N-ethyl adjacent to an activating group) is 1. The van der Waals surface area contributed by atoms with Gasteiger partial charge in [0.1, 0.15) is 0 Å². The van der Waals surface area contributed by atoms with Gasteiger partial charge < -0.3 is 9.80 Å². The number of hydrogen-bond acceptors (Lipinski definition) is 3. The van der Waals surface area contributed by atoms with Gasteiger partial charge in [-0.1, -0.05) is 19.8 Å². The lowest BCUT2D eigenvalue weighted by molar-refractivity contribution is -0.131. The molecule has 3 unspecified atom stereocenters. The number of likely N-dealkylation sites (tertiary alicyclic amines) is 1. The van der Waals surface area contributed by atoms with Crippen molar-refractivity contribution in [3.05, 3.63) is 0 Å². The van der Waals surface area contributed by atoms with Gasteiger partial charge in [0, 0.05) is 12.6 Å². The molecule has 0 aromatic rings. The Hall–Kier alpha value is -0.610. The SMILES string of the molecule is CCC1NC(C2CCCC2)N(CC2CCCN2C)C1=O. The van der Waals surface area contributed by atoms with Crippen molar-refractivity contribution < 1.29 is 4.79 Å². The van der Waals surface area contributed by atoms with Gasteiger partial charge in [-0.25, -0.2) is 0 Å². The van der Waals surface area contributed by atoms with Gasteiger partial charge in [-0.15, -0.1) is 0 Å². The van der Waals surface area contributed by atoms with E-state index in [1.54, 1.807) is 0 Å². The summed E-state index contributed by atoms with van der Waals surface area (Å²) in [6, 6.07) is 0.632. The van der Waals surface area contributed by atoms with Gasteiger partial charge in [0.25, 0.3) is 0 Å². The number of carbonyl (C=O) groups is 1. The van der Waals surface area contributed by atoms with E-state index in [9.17, 15) is 4.79 Å². The zero-order valence-corrected chi connectivity index (χ0v) is 13.0. The van der Waals surface area contributed by atoms with Crippen LogP contribution in [0.25, 0.3) is 0 Å². The third kappa shape index (κ3) is 2.60. The third-order valence-corrected chi connectivity index (χ3v) is 5.62. The summed E-state index contributed by atoms with van der Waals surface area (Å²) in [4.78, 5) is 17.3. The first-order valence-electron chi connectivity index (χ1n) is 8.47. The van der Waals surface area contributed by atoms with Gasteiger partial charge in [-0.3, -0.25) is 10.1 Å². The second-order valence-corrected chi connectivity index (χ2v) is 6.88. The molecule has 3 aliphatic rings. The zero-order valence-electron chi connectivity index (χ0n) is 13.0. The second kappa shape index (κ2) is 6.02. The van der Waals surface area contributed by atoms with E-state index in [2.05, 4.69) is 29.1 Å². The molecule has 2 saturated heterocycles. The molecule has 3 rings (SSSR count). The van der Waals surface area contributed by atoms with Crippen molar-refractivity contribution in [1.82, 2.24) is 15.1 Å². The van der Waals surface area contributed by atoms with Crippen molar-refractivity contribution in [3.63, 3.8) is 0 Å². The maximum absolute atomic E-state index is 12.6. The first-order chi connectivity index (χ1) is 9.70. The largest absolute Gasteiger partial charge is 0.324 e. The number of carbonyl (C=O) groups excluding carboxylic acids is 1. The minimum absolute atomic E-state index is 0.0623. The highest BCUT2D eigenvalue weighted by atomic mass is 16.2. The molecule has 1 N–H and O–H groups in total. The van der Waals surface area contributed by atoms with Crippen LogP contribution in [0.15, 0.2) is 0 Å². The van der Waals surface area contributed by atoms with Crippen molar-refractivity contribution in [2.75, 3.05) is 20.1 Å². The van der Waals surface area contributed by atoms with E-state index in [-0.39, 0.29) is 6.04 Å². The number of nitrogens with one attached hydrogen (secondary N) is 1. The predicted molar refractivity (Wildman–Crippen MR) is 80.3 cm³/mol. The van der Waals surface area contributed by atoms with Crippen LogP contribution in [0, 0.1) is 5.92 Å². The molecule has 0 aromatic heterocycles. The van der Waals surface area contributed by atoms with Crippen molar-refractivity contribution in [3.8, 4) is 0 Å². The molecule has 4 heteroatoms. The van der Waals surface area contributed by atoms with E-state index in [1.807, 2.05) is 0 Å². The maximum atomic E-state index is 12.6. The van der Waals surface area contributed by atoms with Crippen LogP contribution in [0.1, 0.15) is 51.9 Å². The molecule has 2 heterocycles. The Bertz CT molecular complexity index is 354. The molecule has 2 aliphatic heterocycles. The predicted octanol–water partition coefficient (Wildman–Crippen LogP) is 1.81. The van der Waals surface area contributed by atoms with E-state index >= 15 is 0 Å². The summed E-state index contributed by atoms with van der Waals surface area (Å²) < 4.78 is 0. The second-order valence-electron chi connectivity index (χ2n) is 6.88. The highest BCUT2D eigenvalue weighted by Crippen LogP contribution is 2.33. The van der Waals surface area contributed by atoms with Gasteiger partial charge in [0.15, 0.2) is 0 Å².